The van der Waals surface area contributed by atoms with E-state index in [2.05, 4.69) is 20.7 Å². The maximum absolute atomic E-state index is 13.3. The summed E-state index contributed by atoms with van der Waals surface area (Å²) in [5.41, 5.74) is 3.72. The lowest BCUT2D eigenvalue weighted by molar-refractivity contribution is -0.113. The SMILES string of the molecule is CC1=C(C(=O)Nc2ccccc2C)[C@H](c2ccc(C(=O)O)cc2)n2ncnc2N1. The van der Waals surface area contributed by atoms with E-state index in [-0.39, 0.29) is 11.5 Å². The number of carbonyl (C=O) groups is 2. The topological polar surface area (TPSA) is 109 Å². The highest BCUT2D eigenvalue weighted by atomic mass is 16.4. The number of para-hydroxylation sites is 1. The van der Waals surface area contributed by atoms with Crippen molar-refractivity contribution in [2.45, 2.75) is 19.9 Å². The van der Waals surface area contributed by atoms with Gasteiger partial charge in [-0.05, 0) is 43.2 Å². The zero-order valence-corrected chi connectivity index (χ0v) is 15.9. The molecule has 1 aliphatic rings. The van der Waals surface area contributed by atoms with Crippen LogP contribution in [-0.2, 0) is 4.79 Å². The van der Waals surface area contributed by atoms with Crippen molar-refractivity contribution in [3.05, 3.63) is 82.8 Å². The van der Waals surface area contributed by atoms with Gasteiger partial charge >= 0.3 is 5.97 Å². The number of benzene rings is 2. The fourth-order valence-electron chi connectivity index (χ4n) is 3.40. The Morgan fingerprint density at radius 1 is 1.10 bits per heavy atom. The summed E-state index contributed by atoms with van der Waals surface area (Å²) in [5, 5.41) is 19.5. The second-order valence-corrected chi connectivity index (χ2v) is 6.79. The Labute approximate surface area is 166 Å². The van der Waals surface area contributed by atoms with Crippen LogP contribution in [0, 0.1) is 6.92 Å². The van der Waals surface area contributed by atoms with E-state index < -0.39 is 12.0 Å². The molecule has 1 amide bonds. The van der Waals surface area contributed by atoms with Crippen LogP contribution >= 0.6 is 0 Å². The van der Waals surface area contributed by atoms with Crippen LogP contribution in [0.5, 0.6) is 0 Å². The number of anilines is 2. The van der Waals surface area contributed by atoms with Gasteiger partial charge in [0.2, 0.25) is 5.95 Å². The molecular formula is C21H19N5O3. The number of fused-ring (bicyclic) bond motifs is 1. The van der Waals surface area contributed by atoms with Gasteiger partial charge in [0.25, 0.3) is 5.91 Å². The second kappa shape index (κ2) is 7.23. The van der Waals surface area contributed by atoms with Crippen LogP contribution < -0.4 is 10.6 Å². The summed E-state index contributed by atoms with van der Waals surface area (Å²) in [6.07, 6.45) is 1.41. The Hall–Kier alpha value is -3.94. The van der Waals surface area contributed by atoms with Gasteiger partial charge in [-0.25, -0.2) is 9.48 Å². The predicted octanol–water partition coefficient (Wildman–Crippen LogP) is 3.21. The number of carboxylic acid groups (broad SMARTS) is 1. The molecule has 0 fully saturated rings. The lowest BCUT2D eigenvalue weighted by Gasteiger charge is -2.29. The molecule has 29 heavy (non-hydrogen) atoms. The van der Waals surface area contributed by atoms with Crippen molar-refractivity contribution in [1.29, 1.82) is 0 Å². The Morgan fingerprint density at radius 3 is 2.52 bits per heavy atom. The number of aromatic nitrogens is 3. The van der Waals surface area contributed by atoms with Crippen LogP contribution in [0.4, 0.5) is 11.6 Å². The van der Waals surface area contributed by atoms with E-state index in [1.807, 2.05) is 38.1 Å². The number of hydrogen-bond donors (Lipinski definition) is 3. The molecule has 0 radical (unpaired) electrons. The molecule has 4 rings (SSSR count). The molecule has 1 atom stereocenters. The van der Waals surface area contributed by atoms with Crippen molar-refractivity contribution in [3.8, 4) is 0 Å². The zero-order chi connectivity index (χ0) is 20.5. The number of allylic oxidation sites excluding steroid dienone is 1. The van der Waals surface area contributed by atoms with Crippen molar-refractivity contribution in [1.82, 2.24) is 14.8 Å². The van der Waals surface area contributed by atoms with Gasteiger partial charge in [-0.15, -0.1) is 0 Å². The molecule has 0 saturated carbocycles. The van der Waals surface area contributed by atoms with Gasteiger partial charge in [-0.3, -0.25) is 4.79 Å². The van der Waals surface area contributed by atoms with E-state index >= 15 is 0 Å². The lowest BCUT2D eigenvalue weighted by Crippen LogP contribution is -2.31. The van der Waals surface area contributed by atoms with Crippen LogP contribution in [0.3, 0.4) is 0 Å². The number of aromatic carboxylic acids is 1. The van der Waals surface area contributed by atoms with Crippen LogP contribution in [0.1, 0.15) is 34.5 Å². The molecule has 0 saturated heterocycles. The van der Waals surface area contributed by atoms with Gasteiger partial charge in [0.15, 0.2) is 0 Å². The van der Waals surface area contributed by atoms with E-state index in [9.17, 15) is 14.7 Å². The lowest BCUT2D eigenvalue weighted by atomic mass is 9.94. The zero-order valence-electron chi connectivity index (χ0n) is 15.9. The molecule has 0 aliphatic carbocycles. The first kappa shape index (κ1) is 18.4. The van der Waals surface area contributed by atoms with Gasteiger partial charge < -0.3 is 15.7 Å². The number of aryl methyl sites for hydroxylation is 1. The van der Waals surface area contributed by atoms with Crippen molar-refractivity contribution in [2.75, 3.05) is 10.6 Å². The third-order valence-electron chi connectivity index (χ3n) is 4.91. The minimum atomic E-state index is -1.01. The van der Waals surface area contributed by atoms with Crippen molar-refractivity contribution >= 4 is 23.5 Å². The van der Waals surface area contributed by atoms with Crippen LogP contribution in [-0.4, -0.2) is 31.7 Å². The predicted molar refractivity (Wildman–Crippen MR) is 108 cm³/mol. The summed E-state index contributed by atoms with van der Waals surface area (Å²) >= 11 is 0. The molecule has 2 aromatic carbocycles. The summed E-state index contributed by atoms with van der Waals surface area (Å²) < 4.78 is 1.62. The average molecular weight is 389 g/mol. The van der Waals surface area contributed by atoms with E-state index in [1.165, 1.54) is 18.5 Å². The maximum Gasteiger partial charge on any atom is 0.335 e. The Balaban J connectivity index is 1.76. The van der Waals surface area contributed by atoms with Crippen molar-refractivity contribution < 1.29 is 14.7 Å². The normalized spacial score (nSPS) is 15.4. The van der Waals surface area contributed by atoms with E-state index in [1.54, 1.807) is 16.8 Å². The molecule has 0 spiro atoms. The molecule has 0 bridgehead atoms. The standard InChI is InChI=1S/C21H19N5O3/c1-12-5-3-4-6-16(12)25-19(27)17-13(2)24-21-22-11-23-26(21)18(17)14-7-9-15(10-8-14)20(28)29/h3-11,18H,1-2H3,(H,25,27)(H,28,29)(H,22,23,24)/t18-/m0/s1. The van der Waals surface area contributed by atoms with Gasteiger partial charge in [-0.2, -0.15) is 10.1 Å². The molecule has 1 aromatic heterocycles. The molecule has 1 aliphatic heterocycles. The van der Waals surface area contributed by atoms with E-state index in [4.69, 9.17) is 0 Å². The summed E-state index contributed by atoms with van der Waals surface area (Å²) in [7, 11) is 0. The minimum Gasteiger partial charge on any atom is -0.478 e. The van der Waals surface area contributed by atoms with Gasteiger partial charge in [0.05, 0.1) is 11.1 Å². The van der Waals surface area contributed by atoms with Gasteiger partial charge in [0.1, 0.15) is 12.4 Å². The van der Waals surface area contributed by atoms with E-state index in [0.29, 0.717) is 17.2 Å². The smallest absolute Gasteiger partial charge is 0.335 e. The maximum atomic E-state index is 13.3. The monoisotopic (exact) mass is 389 g/mol. The van der Waals surface area contributed by atoms with Crippen LogP contribution in [0.2, 0.25) is 0 Å². The number of carbonyl (C=O) groups excluding carboxylic acids is 1. The molecule has 2 heterocycles. The molecule has 8 heteroatoms. The molecular weight excluding hydrogens is 370 g/mol. The summed E-state index contributed by atoms with van der Waals surface area (Å²) in [4.78, 5) is 28.7. The number of rotatable bonds is 4. The van der Waals surface area contributed by atoms with E-state index in [0.717, 1.165) is 16.8 Å². The third kappa shape index (κ3) is 3.36. The number of carboxylic acids is 1. The molecule has 146 valence electrons. The molecule has 3 aromatic rings. The Bertz CT molecular complexity index is 1130. The first-order valence-corrected chi connectivity index (χ1v) is 9.03. The number of nitrogens with one attached hydrogen (secondary N) is 2. The largest absolute Gasteiger partial charge is 0.478 e. The first-order chi connectivity index (χ1) is 14.0. The number of nitrogens with zero attached hydrogens (tertiary/aromatic N) is 3. The van der Waals surface area contributed by atoms with Crippen LogP contribution in [0.25, 0.3) is 0 Å². The van der Waals surface area contributed by atoms with Crippen molar-refractivity contribution in [2.24, 2.45) is 0 Å². The highest BCUT2D eigenvalue weighted by Crippen LogP contribution is 2.35. The van der Waals surface area contributed by atoms with Crippen LogP contribution in [0.15, 0.2) is 66.1 Å². The summed E-state index contributed by atoms with van der Waals surface area (Å²) in [6, 6.07) is 13.4. The molecule has 3 N–H and O–H groups in total. The first-order valence-electron chi connectivity index (χ1n) is 9.03. The summed E-state index contributed by atoms with van der Waals surface area (Å²) in [6.45, 7) is 3.73. The number of amides is 1. The Kier molecular flexibility index (Phi) is 4.59. The quantitative estimate of drug-likeness (QED) is 0.632. The van der Waals surface area contributed by atoms with Gasteiger partial charge in [0, 0.05) is 11.4 Å². The number of hydrogen-bond acceptors (Lipinski definition) is 5. The average Bonchev–Trinajstić information content (AvgIpc) is 3.16. The fourth-order valence-corrected chi connectivity index (χ4v) is 3.40. The minimum absolute atomic E-state index is 0.174. The Morgan fingerprint density at radius 2 is 1.83 bits per heavy atom. The molecule has 0 unspecified atom stereocenters. The molecule has 8 nitrogen and oxygen atoms in total. The third-order valence-corrected chi connectivity index (χ3v) is 4.91. The highest BCUT2D eigenvalue weighted by Gasteiger charge is 2.33. The highest BCUT2D eigenvalue weighted by molar-refractivity contribution is 6.06. The van der Waals surface area contributed by atoms with Crippen molar-refractivity contribution in [3.63, 3.8) is 0 Å². The fraction of sp³-hybridized carbons (Fsp3) is 0.143. The van der Waals surface area contributed by atoms with Gasteiger partial charge in [-0.1, -0.05) is 30.3 Å². The second-order valence-electron chi connectivity index (χ2n) is 6.79. The summed E-state index contributed by atoms with van der Waals surface area (Å²) in [5.74, 6) is -0.757.